The predicted octanol–water partition coefficient (Wildman–Crippen LogP) is 1.83. The summed E-state index contributed by atoms with van der Waals surface area (Å²) in [6.45, 7) is 1.84. The second-order valence-corrected chi connectivity index (χ2v) is 4.66. The number of carboxylic acids is 1. The van der Waals surface area contributed by atoms with Gasteiger partial charge in [-0.3, -0.25) is 4.79 Å². The molecule has 1 unspecified atom stereocenters. The summed E-state index contributed by atoms with van der Waals surface area (Å²) < 4.78 is 0. The summed E-state index contributed by atoms with van der Waals surface area (Å²) in [6, 6.07) is 0.659. The maximum absolute atomic E-state index is 10.8. The molecule has 0 radical (unpaired) electrons. The summed E-state index contributed by atoms with van der Waals surface area (Å²) in [5, 5.41) is 8.90. The molecule has 3 heteroatoms. The van der Waals surface area contributed by atoms with Gasteiger partial charge in [-0.05, 0) is 45.7 Å². The van der Waals surface area contributed by atoms with Crippen molar-refractivity contribution in [1.29, 1.82) is 0 Å². The van der Waals surface area contributed by atoms with E-state index in [1.165, 1.54) is 0 Å². The lowest BCUT2D eigenvalue weighted by Crippen LogP contribution is -2.34. The zero-order valence-corrected chi connectivity index (χ0v) is 9.36. The maximum Gasteiger partial charge on any atom is 0.306 e. The normalized spacial score (nSPS) is 30.3. The molecule has 1 aliphatic carbocycles. The summed E-state index contributed by atoms with van der Waals surface area (Å²) in [5.41, 5.74) is 0. The van der Waals surface area contributed by atoms with Gasteiger partial charge >= 0.3 is 5.97 Å². The maximum atomic E-state index is 10.8. The third-order valence-corrected chi connectivity index (χ3v) is 3.57. The van der Waals surface area contributed by atoms with Gasteiger partial charge in [0.15, 0.2) is 0 Å². The van der Waals surface area contributed by atoms with Crippen LogP contribution in [0.3, 0.4) is 0 Å². The third-order valence-electron chi connectivity index (χ3n) is 3.57. The molecule has 0 amide bonds. The molecule has 0 saturated heterocycles. The van der Waals surface area contributed by atoms with E-state index in [0.717, 1.165) is 25.7 Å². The van der Waals surface area contributed by atoms with E-state index in [-0.39, 0.29) is 5.92 Å². The fraction of sp³-hybridized carbons (Fsp3) is 0.909. The molecule has 1 atom stereocenters. The van der Waals surface area contributed by atoms with E-state index in [2.05, 4.69) is 19.0 Å². The van der Waals surface area contributed by atoms with Crippen molar-refractivity contribution < 1.29 is 9.90 Å². The van der Waals surface area contributed by atoms with Crippen LogP contribution in [0.2, 0.25) is 0 Å². The second kappa shape index (κ2) is 4.78. The van der Waals surface area contributed by atoms with Gasteiger partial charge in [0, 0.05) is 6.04 Å². The molecular weight excluding hydrogens is 178 g/mol. The van der Waals surface area contributed by atoms with Crippen LogP contribution >= 0.6 is 0 Å². The zero-order valence-electron chi connectivity index (χ0n) is 9.36. The Morgan fingerprint density at radius 1 is 1.29 bits per heavy atom. The van der Waals surface area contributed by atoms with E-state index >= 15 is 0 Å². The van der Waals surface area contributed by atoms with E-state index in [0.29, 0.717) is 12.0 Å². The lowest BCUT2D eigenvalue weighted by molar-refractivity contribution is -0.143. The molecule has 0 aromatic carbocycles. The Morgan fingerprint density at radius 3 is 2.14 bits per heavy atom. The summed E-state index contributed by atoms with van der Waals surface area (Å²) in [6.07, 6.45) is 4.43. The van der Waals surface area contributed by atoms with Crippen LogP contribution in [0, 0.1) is 11.8 Å². The highest BCUT2D eigenvalue weighted by Crippen LogP contribution is 2.31. The van der Waals surface area contributed by atoms with E-state index in [1.807, 2.05) is 6.92 Å². The predicted molar refractivity (Wildman–Crippen MR) is 56.2 cm³/mol. The molecule has 1 aliphatic rings. The Hall–Kier alpha value is -0.570. The lowest BCUT2D eigenvalue weighted by Gasteiger charge is -2.34. The number of carbonyl (C=O) groups is 1. The van der Waals surface area contributed by atoms with Crippen LogP contribution < -0.4 is 0 Å². The molecule has 0 aliphatic heterocycles. The fourth-order valence-corrected chi connectivity index (χ4v) is 2.32. The molecule has 1 N–H and O–H groups in total. The van der Waals surface area contributed by atoms with Crippen LogP contribution in [-0.4, -0.2) is 36.1 Å². The molecule has 0 heterocycles. The van der Waals surface area contributed by atoms with Gasteiger partial charge in [0.25, 0.3) is 0 Å². The minimum Gasteiger partial charge on any atom is -0.481 e. The molecule has 0 aromatic rings. The van der Waals surface area contributed by atoms with Crippen molar-refractivity contribution in [1.82, 2.24) is 4.90 Å². The number of rotatable bonds is 3. The Kier molecular flexibility index (Phi) is 3.93. The molecule has 1 fully saturated rings. The average molecular weight is 199 g/mol. The fourth-order valence-electron chi connectivity index (χ4n) is 2.32. The molecule has 82 valence electrons. The first kappa shape index (κ1) is 11.5. The molecule has 1 saturated carbocycles. The van der Waals surface area contributed by atoms with E-state index in [1.54, 1.807) is 0 Å². The SMILES string of the molecule is CC(C(=O)O)C1CCC(N(C)C)CC1. The van der Waals surface area contributed by atoms with Crippen molar-refractivity contribution in [2.24, 2.45) is 11.8 Å². The van der Waals surface area contributed by atoms with Gasteiger partial charge in [0.1, 0.15) is 0 Å². The second-order valence-electron chi connectivity index (χ2n) is 4.66. The van der Waals surface area contributed by atoms with Crippen LogP contribution in [0.1, 0.15) is 32.6 Å². The lowest BCUT2D eigenvalue weighted by atomic mass is 9.79. The standard InChI is InChI=1S/C11H21NO2/c1-8(11(13)14)9-4-6-10(7-5-9)12(2)3/h8-10H,4-7H2,1-3H3,(H,13,14). The molecule has 0 spiro atoms. The van der Waals surface area contributed by atoms with Gasteiger partial charge in [-0.25, -0.2) is 0 Å². The highest BCUT2D eigenvalue weighted by atomic mass is 16.4. The Bertz CT molecular complexity index is 195. The number of nitrogens with zero attached hydrogens (tertiary/aromatic N) is 1. The summed E-state index contributed by atoms with van der Waals surface area (Å²) in [7, 11) is 4.21. The molecular formula is C11H21NO2. The largest absolute Gasteiger partial charge is 0.481 e. The van der Waals surface area contributed by atoms with E-state index in [4.69, 9.17) is 5.11 Å². The summed E-state index contributed by atoms with van der Waals surface area (Å²) in [5.74, 6) is -0.417. The average Bonchev–Trinajstić information content (AvgIpc) is 2.16. The van der Waals surface area contributed by atoms with Gasteiger partial charge in [-0.2, -0.15) is 0 Å². The van der Waals surface area contributed by atoms with Gasteiger partial charge in [-0.1, -0.05) is 6.92 Å². The van der Waals surface area contributed by atoms with Crippen molar-refractivity contribution in [2.45, 2.75) is 38.6 Å². The van der Waals surface area contributed by atoms with Crippen LogP contribution in [0.4, 0.5) is 0 Å². The number of hydrogen-bond donors (Lipinski definition) is 1. The first-order chi connectivity index (χ1) is 6.52. The minimum atomic E-state index is -0.640. The zero-order chi connectivity index (χ0) is 10.7. The van der Waals surface area contributed by atoms with E-state index < -0.39 is 5.97 Å². The number of carboxylic acid groups (broad SMARTS) is 1. The van der Waals surface area contributed by atoms with Crippen molar-refractivity contribution in [2.75, 3.05) is 14.1 Å². The van der Waals surface area contributed by atoms with Crippen LogP contribution in [0.5, 0.6) is 0 Å². The topological polar surface area (TPSA) is 40.5 Å². The highest BCUT2D eigenvalue weighted by molar-refractivity contribution is 5.69. The van der Waals surface area contributed by atoms with Gasteiger partial charge in [0.05, 0.1) is 5.92 Å². The minimum absolute atomic E-state index is 0.168. The Labute approximate surface area is 86.1 Å². The van der Waals surface area contributed by atoms with Gasteiger partial charge < -0.3 is 10.0 Å². The van der Waals surface area contributed by atoms with Crippen molar-refractivity contribution in [3.8, 4) is 0 Å². The van der Waals surface area contributed by atoms with Crippen LogP contribution in [0.25, 0.3) is 0 Å². The smallest absolute Gasteiger partial charge is 0.306 e. The molecule has 1 rings (SSSR count). The summed E-state index contributed by atoms with van der Waals surface area (Å²) in [4.78, 5) is 13.1. The van der Waals surface area contributed by atoms with Gasteiger partial charge in [-0.15, -0.1) is 0 Å². The van der Waals surface area contributed by atoms with Crippen molar-refractivity contribution >= 4 is 5.97 Å². The third kappa shape index (κ3) is 2.71. The Balaban J connectivity index is 2.39. The monoisotopic (exact) mass is 199 g/mol. The van der Waals surface area contributed by atoms with Crippen molar-refractivity contribution in [3.05, 3.63) is 0 Å². The van der Waals surface area contributed by atoms with Crippen molar-refractivity contribution in [3.63, 3.8) is 0 Å². The summed E-state index contributed by atoms with van der Waals surface area (Å²) >= 11 is 0. The molecule has 0 aromatic heterocycles. The van der Waals surface area contributed by atoms with Crippen LogP contribution in [-0.2, 0) is 4.79 Å². The quantitative estimate of drug-likeness (QED) is 0.754. The molecule has 0 bridgehead atoms. The first-order valence-corrected chi connectivity index (χ1v) is 5.41. The van der Waals surface area contributed by atoms with E-state index in [9.17, 15) is 4.79 Å². The van der Waals surface area contributed by atoms with Gasteiger partial charge in [0.2, 0.25) is 0 Å². The molecule has 14 heavy (non-hydrogen) atoms. The molecule has 3 nitrogen and oxygen atoms in total. The first-order valence-electron chi connectivity index (χ1n) is 5.41. The number of aliphatic carboxylic acids is 1. The Morgan fingerprint density at radius 2 is 1.79 bits per heavy atom. The number of hydrogen-bond acceptors (Lipinski definition) is 2. The van der Waals surface area contributed by atoms with Crippen LogP contribution in [0.15, 0.2) is 0 Å². The highest BCUT2D eigenvalue weighted by Gasteiger charge is 2.29.